The summed E-state index contributed by atoms with van der Waals surface area (Å²) in [6.45, 7) is 6.75. The molecule has 1 aliphatic carbocycles. The van der Waals surface area contributed by atoms with Gasteiger partial charge in [-0.05, 0) is 34.8 Å². The van der Waals surface area contributed by atoms with Gasteiger partial charge < -0.3 is 0 Å². The van der Waals surface area contributed by atoms with Crippen LogP contribution in [0.2, 0.25) is 0 Å². The third kappa shape index (κ3) is 2.36. The molecule has 1 saturated carbocycles. The molecule has 1 aromatic carbocycles. The van der Waals surface area contributed by atoms with Gasteiger partial charge in [0.15, 0.2) is 0 Å². The van der Waals surface area contributed by atoms with E-state index in [2.05, 4.69) is 45.0 Å². The van der Waals surface area contributed by atoms with E-state index in [0.29, 0.717) is 0 Å². The summed E-state index contributed by atoms with van der Waals surface area (Å²) in [5.74, 6) is 2.27. The standard InChI is InChI=1S/C14H19Cl/c1-14(2,3)12-6-4-10(5-7-12)13-8-11(13)9-15/h4-7,11,13H,8-9H2,1-3H3. The van der Waals surface area contributed by atoms with Crippen LogP contribution in [0.15, 0.2) is 24.3 Å². The molecule has 2 unspecified atom stereocenters. The van der Waals surface area contributed by atoms with Crippen molar-refractivity contribution in [2.75, 3.05) is 5.88 Å². The molecule has 0 aliphatic heterocycles. The molecular weight excluding hydrogens is 204 g/mol. The zero-order chi connectivity index (χ0) is 11.1. The molecule has 0 N–H and O–H groups in total. The molecule has 1 aliphatic rings. The predicted molar refractivity (Wildman–Crippen MR) is 66.7 cm³/mol. The highest BCUT2D eigenvalue weighted by molar-refractivity contribution is 6.18. The number of benzene rings is 1. The van der Waals surface area contributed by atoms with Crippen molar-refractivity contribution >= 4 is 11.6 Å². The van der Waals surface area contributed by atoms with Gasteiger partial charge in [0.25, 0.3) is 0 Å². The van der Waals surface area contributed by atoms with Gasteiger partial charge >= 0.3 is 0 Å². The first kappa shape index (κ1) is 11.0. The molecule has 0 saturated heterocycles. The maximum atomic E-state index is 5.85. The lowest BCUT2D eigenvalue weighted by atomic mass is 9.86. The highest BCUT2D eigenvalue weighted by Crippen LogP contribution is 2.48. The van der Waals surface area contributed by atoms with Crippen LogP contribution >= 0.6 is 11.6 Å². The molecule has 1 heteroatoms. The Bertz CT molecular complexity index is 331. The zero-order valence-electron chi connectivity index (χ0n) is 9.76. The molecule has 82 valence electrons. The van der Waals surface area contributed by atoms with Crippen molar-refractivity contribution in [2.24, 2.45) is 5.92 Å². The van der Waals surface area contributed by atoms with Crippen LogP contribution in [0.1, 0.15) is 44.2 Å². The Labute approximate surface area is 97.6 Å². The average Bonchev–Trinajstić information content (AvgIpc) is 2.95. The minimum atomic E-state index is 0.258. The number of hydrogen-bond donors (Lipinski definition) is 0. The van der Waals surface area contributed by atoms with Gasteiger partial charge in [0.2, 0.25) is 0 Å². The van der Waals surface area contributed by atoms with E-state index in [1.807, 2.05) is 0 Å². The monoisotopic (exact) mass is 222 g/mol. The van der Waals surface area contributed by atoms with E-state index in [4.69, 9.17) is 11.6 Å². The van der Waals surface area contributed by atoms with Gasteiger partial charge in [-0.15, -0.1) is 11.6 Å². The second kappa shape index (κ2) is 3.83. The molecule has 2 rings (SSSR count). The Morgan fingerprint density at radius 1 is 1.20 bits per heavy atom. The maximum Gasteiger partial charge on any atom is 0.0257 e. The van der Waals surface area contributed by atoms with E-state index >= 15 is 0 Å². The minimum Gasteiger partial charge on any atom is -0.126 e. The summed E-state index contributed by atoms with van der Waals surface area (Å²) < 4.78 is 0. The largest absolute Gasteiger partial charge is 0.126 e. The predicted octanol–water partition coefficient (Wildman–Crippen LogP) is 4.33. The van der Waals surface area contributed by atoms with Crippen LogP contribution in [0, 0.1) is 5.92 Å². The smallest absolute Gasteiger partial charge is 0.0257 e. The van der Waals surface area contributed by atoms with Crippen molar-refractivity contribution in [2.45, 2.75) is 38.5 Å². The average molecular weight is 223 g/mol. The quantitative estimate of drug-likeness (QED) is 0.654. The Morgan fingerprint density at radius 3 is 2.20 bits per heavy atom. The van der Waals surface area contributed by atoms with Gasteiger partial charge in [0.05, 0.1) is 0 Å². The lowest BCUT2D eigenvalue weighted by molar-refractivity contribution is 0.590. The van der Waals surface area contributed by atoms with Crippen molar-refractivity contribution in [1.29, 1.82) is 0 Å². The molecule has 0 amide bonds. The molecule has 1 fully saturated rings. The van der Waals surface area contributed by atoms with Gasteiger partial charge in [-0.3, -0.25) is 0 Å². The van der Waals surface area contributed by atoms with Crippen LogP contribution in [0.4, 0.5) is 0 Å². The van der Waals surface area contributed by atoms with Crippen molar-refractivity contribution in [1.82, 2.24) is 0 Å². The van der Waals surface area contributed by atoms with E-state index in [1.54, 1.807) is 0 Å². The number of alkyl halides is 1. The van der Waals surface area contributed by atoms with Gasteiger partial charge in [-0.2, -0.15) is 0 Å². The summed E-state index contributed by atoms with van der Waals surface area (Å²) in [5.41, 5.74) is 3.14. The first-order chi connectivity index (χ1) is 7.02. The first-order valence-corrected chi connectivity index (χ1v) is 6.22. The van der Waals surface area contributed by atoms with Crippen molar-refractivity contribution < 1.29 is 0 Å². The van der Waals surface area contributed by atoms with E-state index < -0.39 is 0 Å². The van der Waals surface area contributed by atoms with Crippen LogP contribution < -0.4 is 0 Å². The van der Waals surface area contributed by atoms with Gasteiger partial charge in [-0.1, -0.05) is 45.0 Å². The molecule has 0 aromatic heterocycles. The Balaban J connectivity index is 2.12. The number of rotatable bonds is 2. The van der Waals surface area contributed by atoms with Crippen LogP contribution in [-0.2, 0) is 5.41 Å². The molecule has 15 heavy (non-hydrogen) atoms. The van der Waals surface area contributed by atoms with Crippen LogP contribution in [0.3, 0.4) is 0 Å². The molecule has 2 atom stereocenters. The summed E-state index contributed by atoms with van der Waals surface area (Å²) in [6, 6.07) is 9.08. The second-order valence-corrected chi connectivity index (χ2v) is 5.94. The van der Waals surface area contributed by atoms with Crippen LogP contribution in [0.5, 0.6) is 0 Å². The lowest BCUT2D eigenvalue weighted by Gasteiger charge is -2.19. The Kier molecular flexibility index (Phi) is 2.81. The fourth-order valence-electron chi connectivity index (χ4n) is 2.06. The van der Waals surface area contributed by atoms with Crippen LogP contribution in [0.25, 0.3) is 0 Å². The molecule has 0 heterocycles. The van der Waals surface area contributed by atoms with E-state index in [-0.39, 0.29) is 5.41 Å². The van der Waals surface area contributed by atoms with E-state index in [1.165, 1.54) is 17.5 Å². The molecule has 0 radical (unpaired) electrons. The fraction of sp³-hybridized carbons (Fsp3) is 0.571. The molecular formula is C14H19Cl. The van der Waals surface area contributed by atoms with Crippen molar-refractivity contribution in [3.8, 4) is 0 Å². The maximum absolute atomic E-state index is 5.85. The Morgan fingerprint density at radius 2 is 1.80 bits per heavy atom. The summed E-state index contributed by atoms with van der Waals surface area (Å²) in [5, 5.41) is 0. The molecule has 1 aromatic rings. The lowest BCUT2D eigenvalue weighted by Crippen LogP contribution is -2.10. The third-order valence-electron chi connectivity index (χ3n) is 3.33. The summed E-state index contributed by atoms with van der Waals surface area (Å²) >= 11 is 5.85. The zero-order valence-corrected chi connectivity index (χ0v) is 10.5. The fourth-order valence-corrected chi connectivity index (χ4v) is 2.40. The summed E-state index contributed by atoms with van der Waals surface area (Å²) in [4.78, 5) is 0. The second-order valence-electron chi connectivity index (χ2n) is 5.63. The van der Waals surface area contributed by atoms with Gasteiger partial charge in [-0.25, -0.2) is 0 Å². The van der Waals surface area contributed by atoms with E-state index in [0.717, 1.165) is 17.7 Å². The molecule has 0 nitrogen and oxygen atoms in total. The van der Waals surface area contributed by atoms with Gasteiger partial charge in [0, 0.05) is 5.88 Å². The minimum absolute atomic E-state index is 0.258. The first-order valence-electron chi connectivity index (χ1n) is 5.69. The van der Waals surface area contributed by atoms with E-state index in [9.17, 15) is 0 Å². The summed E-state index contributed by atoms with van der Waals surface area (Å²) in [7, 11) is 0. The van der Waals surface area contributed by atoms with Crippen LogP contribution in [-0.4, -0.2) is 5.88 Å². The topological polar surface area (TPSA) is 0 Å². The molecule has 0 spiro atoms. The number of halogens is 1. The van der Waals surface area contributed by atoms with Crippen molar-refractivity contribution in [3.63, 3.8) is 0 Å². The number of hydrogen-bond acceptors (Lipinski definition) is 0. The Hall–Kier alpha value is -0.490. The SMILES string of the molecule is CC(C)(C)c1ccc(C2CC2CCl)cc1. The normalized spacial score (nSPS) is 25.3. The molecule has 0 bridgehead atoms. The summed E-state index contributed by atoms with van der Waals surface area (Å²) in [6.07, 6.45) is 1.28. The highest BCUT2D eigenvalue weighted by atomic mass is 35.5. The van der Waals surface area contributed by atoms with Gasteiger partial charge in [0.1, 0.15) is 0 Å². The highest BCUT2D eigenvalue weighted by Gasteiger charge is 2.37. The third-order valence-corrected chi connectivity index (χ3v) is 3.72. The van der Waals surface area contributed by atoms with Crippen molar-refractivity contribution in [3.05, 3.63) is 35.4 Å².